The SMILES string of the molecule is CN1CCN(C(=O)c2cc(F)cc(F)c2)C(c2nn[nH]n2)C1. The van der Waals surface area contributed by atoms with Crippen LogP contribution in [0.25, 0.3) is 0 Å². The molecule has 0 saturated carbocycles. The number of benzene rings is 1. The number of hydrogen-bond donors (Lipinski definition) is 1. The average Bonchev–Trinajstić information content (AvgIpc) is 2.99. The molecule has 1 N–H and O–H groups in total. The molecular weight excluding hydrogens is 294 g/mol. The van der Waals surface area contributed by atoms with Crippen LogP contribution in [0, 0.1) is 11.6 Å². The van der Waals surface area contributed by atoms with E-state index in [1.54, 1.807) is 0 Å². The summed E-state index contributed by atoms with van der Waals surface area (Å²) in [6.45, 7) is 1.58. The molecule has 2 aromatic rings. The van der Waals surface area contributed by atoms with Gasteiger partial charge in [-0.25, -0.2) is 8.78 Å². The van der Waals surface area contributed by atoms with Crippen molar-refractivity contribution in [1.82, 2.24) is 30.4 Å². The average molecular weight is 308 g/mol. The van der Waals surface area contributed by atoms with Crippen molar-refractivity contribution in [3.05, 3.63) is 41.2 Å². The van der Waals surface area contributed by atoms with E-state index in [1.807, 2.05) is 11.9 Å². The van der Waals surface area contributed by atoms with E-state index < -0.39 is 23.6 Å². The molecule has 1 atom stereocenters. The number of H-pyrrole nitrogens is 1. The highest BCUT2D eigenvalue weighted by molar-refractivity contribution is 5.94. The number of nitrogens with zero attached hydrogens (tertiary/aromatic N) is 5. The van der Waals surface area contributed by atoms with Crippen molar-refractivity contribution in [3.63, 3.8) is 0 Å². The lowest BCUT2D eigenvalue weighted by Crippen LogP contribution is -2.49. The number of piperazine rings is 1. The second-order valence-corrected chi connectivity index (χ2v) is 5.20. The van der Waals surface area contributed by atoms with Crippen LogP contribution in [0.15, 0.2) is 18.2 Å². The van der Waals surface area contributed by atoms with Gasteiger partial charge in [0, 0.05) is 31.3 Å². The van der Waals surface area contributed by atoms with Gasteiger partial charge in [0.15, 0.2) is 5.82 Å². The van der Waals surface area contributed by atoms with E-state index >= 15 is 0 Å². The maximum atomic E-state index is 13.3. The number of carbonyl (C=O) groups excluding carboxylic acids is 1. The molecule has 0 bridgehead atoms. The summed E-state index contributed by atoms with van der Waals surface area (Å²) in [5.41, 5.74) is -0.0319. The van der Waals surface area contributed by atoms with E-state index in [0.717, 1.165) is 18.2 Å². The second-order valence-electron chi connectivity index (χ2n) is 5.20. The predicted molar refractivity (Wildman–Crippen MR) is 71.8 cm³/mol. The number of aromatic amines is 1. The minimum Gasteiger partial charge on any atom is -0.326 e. The Labute approximate surface area is 124 Å². The Hall–Kier alpha value is -2.42. The molecule has 1 aromatic carbocycles. The summed E-state index contributed by atoms with van der Waals surface area (Å²) in [5.74, 6) is -1.65. The summed E-state index contributed by atoms with van der Waals surface area (Å²) >= 11 is 0. The number of hydrogen-bond acceptors (Lipinski definition) is 5. The lowest BCUT2D eigenvalue weighted by atomic mass is 10.1. The Balaban J connectivity index is 1.92. The Kier molecular flexibility index (Phi) is 3.80. The summed E-state index contributed by atoms with van der Waals surface area (Å²) in [6.07, 6.45) is 0. The molecule has 2 heterocycles. The molecule has 1 saturated heterocycles. The molecule has 1 aromatic heterocycles. The maximum Gasteiger partial charge on any atom is 0.254 e. The molecule has 7 nitrogen and oxygen atoms in total. The number of halogens is 2. The summed E-state index contributed by atoms with van der Waals surface area (Å²) in [4.78, 5) is 16.1. The molecule has 3 rings (SSSR count). The number of rotatable bonds is 2. The Bertz CT molecular complexity index is 657. The zero-order valence-corrected chi connectivity index (χ0v) is 11.8. The van der Waals surface area contributed by atoms with Gasteiger partial charge in [0.25, 0.3) is 5.91 Å². The minimum atomic E-state index is -0.784. The fourth-order valence-electron chi connectivity index (χ4n) is 2.54. The fourth-order valence-corrected chi connectivity index (χ4v) is 2.54. The normalized spacial score (nSPS) is 19.4. The molecule has 0 radical (unpaired) electrons. The van der Waals surface area contributed by atoms with E-state index in [1.165, 1.54) is 4.90 Å². The number of carbonyl (C=O) groups is 1. The molecule has 1 amide bonds. The molecule has 1 aliphatic rings. The lowest BCUT2D eigenvalue weighted by molar-refractivity contribution is 0.0480. The first kappa shape index (κ1) is 14.5. The first-order chi connectivity index (χ1) is 10.5. The predicted octanol–water partition coefficient (Wildman–Crippen LogP) is 0.607. The highest BCUT2D eigenvalue weighted by atomic mass is 19.1. The molecular formula is C13H14F2N6O. The Morgan fingerprint density at radius 3 is 2.64 bits per heavy atom. The van der Waals surface area contributed by atoms with E-state index in [2.05, 4.69) is 20.6 Å². The molecule has 1 fully saturated rings. The van der Waals surface area contributed by atoms with Gasteiger partial charge in [0.2, 0.25) is 0 Å². The third kappa shape index (κ3) is 2.80. The van der Waals surface area contributed by atoms with Crippen molar-refractivity contribution in [1.29, 1.82) is 0 Å². The smallest absolute Gasteiger partial charge is 0.254 e. The third-order valence-corrected chi connectivity index (χ3v) is 3.61. The van der Waals surface area contributed by atoms with Crippen LogP contribution < -0.4 is 0 Å². The number of tetrazole rings is 1. The van der Waals surface area contributed by atoms with Crippen molar-refractivity contribution in [2.24, 2.45) is 0 Å². The van der Waals surface area contributed by atoms with E-state index in [0.29, 0.717) is 25.5 Å². The topological polar surface area (TPSA) is 78.0 Å². The highest BCUT2D eigenvalue weighted by Crippen LogP contribution is 2.24. The van der Waals surface area contributed by atoms with Crippen molar-refractivity contribution in [2.75, 3.05) is 26.7 Å². The van der Waals surface area contributed by atoms with Crippen LogP contribution in [0.1, 0.15) is 22.2 Å². The largest absolute Gasteiger partial charge is 0.326 e. The van der Waals surface area contributed by atoms with Gasteiger partial charge in [-0.05, 0) is 19.2 Å². The first-order valence-corrected chi connectivity index (χ1v) is 6.73. The monoisotopic (exact) mass is 308 g/mol. The van der Waals surface area contributed by atoms with Gasteiger partial charge < -0.3 is 9.80 Å². The van der Waals surface area contributed by atoms with Gasteiger partial charge in [-0.3, -0.25) is 4.79 Å². The van der Waals surface area contributed by atoms with Gasteiger partial charge in [-0.2, -0.15) is 5.21 Å². The van der Waals surface area contributed by atoms with Crippen LogP contribution >= 0.6 is 0 Å². The number of nitrogens with one attached hydrogen (secondary N) is 1. The molecule has 0 spiro atoms. The van der Waals surface area contributed by atoms with E-state index in [4.69, 9.17) is 0 Å². The highest BCUT2D eigenvalue weighted by Gasteiger charge is 2.33. The number of aromatic nitrogens is 4. The second kappa shape index (κ2) is 5.76. The molecule has 22 heavy (non-hydrogen) atoms. The summed E-state index contributed by atoms with van der Waals surface area (Å²) in [7, 11) is 1.91. The molecule has 1 aliphatic heterocycles. The fraction of sp³-hybridized carbons (Fsp3) is 0.385. The van der Waals surface area contributed by atoms with Crippen molar-refractivity contribution in [3.8, 4) is 0 Å². The quantitative estimate of drug-likeness (QED) is 0.879. The van der Waals surface area contributed by atoms with Gasteiger partial charge in [0.1, 0.15) is 17.7 Å². The van der Waals surface area contributed by atoms with Crippen LogP contribution in [0.4, 0.5) is 8.78 Å². The van der Waals surface area contributed by atoms with Crippen LogP contribution in [0.3, 0.4) is 0 Å². The summed E-state index contributed by atoms with van der Waals surface area (Å²) < 4.78 is 26.7. The van der Waals surface area contributed by atoms with Gasteiger partial charge in [-0.1, -0.05) is 5.21 Å². The van der Waals surface area contributed by atoms with Crippen molar-refractivity contribution < 1.29 is 13.6 Å². The summed E-state index contributed by atoms with van der Waals surface area (Å²) in [6, 6.07) is 2.36. The Morgan fingerprint density at radius 2 is 2.00 bits per heavy atom. The van der Waals surface area contributed by atoms with Crippen molar-refractivity contribution in [2.45, 2.75) is 6.04 Å². The van der Waals surface area contributed by atoms with Gasteiger partial charge in [-0.15, -0.1) is 10.2 Å². The Morgan fingerprint density at radius 1 is 1.27 bits per heavy atom. The van der Waals surface area contributed by atoms with Crippen LogP contribution in [-0.4, -0.2) is 63.0 Å². The standard InChI is InChI=1S/C13H14F2N6O/c1-20-2-3-21(11(7-20)12-16-18-19-17-12)13(22)8-4-9(14)6-10(15)5-8/h4-6,11H,2-3,7H2,1H3,(H,16,17,18,19). The van der Waals surface area contributed by atoms with Gasteiger partial charge >= 0.3 is 0 Å². The van der Waals surface area contributed by atoms with Crippen LogP contribution in [0.2, 0.25) is 0 Å². The van der Waals surface area contributed by atoms with Crippen molar-refractivity contribution >= 4 is 5.91 Å². The molecule has 1 unspecified atom stereocenters. The first-order valence-electron chi connectivity index (χ1n) is 6.73. The summed E-state index contributed by atoms with van der Waals surface area (Å²) in [5, 5.41) is 13.7. The zero-order chi connectivity index (χ0) is 15.7. The van der Waals surface area contributed by atoms with E-state index in [-0.39, 0.29) is 5.56 Å². The van der Waals surface area contributed by atoms with E-state index in [9.17, 15) is 13.6 Å². The molecule has 9 heteroatoms. The third-order valence-electron chi connectivity index (χ3n) is 3.61. The zero-order valence-electron chi connectivity index (χ0n) is 11.8. The lowest BCUT2D eigenvalue weighted by Gasteiger charge is -2.38. The number of likely N-dealkylation sites (N-methyl/N-ethyl adjacent to an activating group) is 1. The maximum absolute atomic E-state index is 13.3. The van der Waals surface area contributed by atoms with Crippen LogP contribution in [-0.2, 0) is 0 Å². The van der Waals surface area contributed by atoms with Gasteiger partial charge in [0.05, 0.1) is 0 Å². The number of amides is 1. The molecule has 116 valence electrons. The molecule has 0 aliphatic carbocycles. The minimum absolute atomic E-state index is 0.0319. The van der Waals surface area contributed by atoms with Crippen LogP contribution in [0.5, 0.6) is 0 Å².